The van der Waals surface area contributed by atoms with Gasteiger partial charge in [0, 0.05) is 17.5 Å². The normalized spacial score (nSPS) is 35.3. The lowest BCUT2D eigenvalue weighted by atomic mass is 9.95. The second kappa shape index (κ2) is 3.67. The first kappa shape index (κ1) is 8.93. The molecule has 1 aromatic heterocycles. The molecule has 0 saturated heterocycles. The Kier molecular flexibility index (Phi) is 2.34. The molecule has 0 spiro atoms. The van der Waals surface area contributed by atoms with Crippen molar-refractivity contribution >= 4 is 11.3 Å². The standard InChI is InChI=1S/C12H17NS/c1-2-11(14-5-1)8-13-12-7-9-3-4-10(12)6-9/h1-2,5,9-10,12-13H,3-4,6-8H2/t9-,10-,12-/m1/s1. The number of nitrogens with one attached hydrogen (secondary N) is 1. The molecule has 1 nitrogen and oxygen atoms in total. The Morgan fingerprint density at radius 3 is 3.00 bits per heavy atom. The van der Waals surface area contributed by atoms with E-state index in [0.29, 0.717) is 0 Å². The van der Waals surface area contributed by atoms with E-state index in [1.54, 1.807) is 0 Å². The van der Waals surface area contributed by atoms with Gasteiger partial charge in [-0.2, -0.15) is 0 Å². The minimum absolute atomic E-state index is 0.829. The van der Waals surface area contributed by atoms with E-state index >= 15 is 0 Å². The van der Waals surface area contributed by atoms with Crippen LogP contribution < -0.4 is 5.32 Å². The average Bonchev–Trinajstić information content (AvgIpc) is 2.91. The topological polar surface area (TPSA) is 12.0 Å². The van der Waals surface area contributed by atoms with Crippen molar-refractivity contribution in [3.63, 3.8) is 0 Å². The van der Waals surface area contributed by atoms with Gasteiger partial charge in [-0.05, 0) is 42.5 Å². The molecular weight excluding hydrogens is 190 g/mol. The molecule has 0 aromatic carbocycles. The van der Waals surface area contributed by atoms with Gasteiger partial charge in [0.05, 0.1) is 0 Å². The molecule has 14 heavy (non-hydrogen) atoms. The van der Waals surface area contributed by atoms with Crippen molar-refractivity contribution in [1.82, 2.24) is 5.32 Å². The van der Waals surface area contributed by atoms with Crippen LogP contribution in [-0.2, 0) is 6.54 Å². The van der Waals surface area contributed by atoms with E-state index in [1.807, 2.05) is 11.3 Å². The van der Waals surface area contributed by atoms with Crippen LogP contribution in [0.4, 0.5) is 0 Å². The van der Waals surface area contributed by atoms with E-state index in [9.17, 15) is 0 Å². The predicted molar refractivity (Wildman–Crippen MR) is 60.4 cm³/mol. The molecule has 1 heterocycles. The van der Waals surface area contributed by atoms with Crippen LogP contribution in [0.1, 0.15) is 30.6 Å². The summed E-state index contributed by atoms with van der Waals surface area (Å²) in [6, 6.07) is 5.20. The van der Waals surface area contributed by atoms with E-state index < -0.39 is 0 Å². The zero-order chi connectivity index (χ0) is 9.38. The second-order valence-electron chi connectivity index (χ2n) is 4.74. The van der Waals surface area contributed by atoms with Gasteiger partial charge in [0.2, 0.25) is 0 Å². The van der Waals surface area contributed by atoms with Gasteiger partial charge >= 0.3 is 0 Å². The zero-order valence-corrected chi connectivity index (χ0v) is 9.22. The van der Waals surface area contributed by atoms with Gasteiger partial charge in [0.1, 0.15) is 0 Å². The highest BCUT2D eigenvalue weighted by molar-refractivity contribution is 7.09. The highest BCUT2D eigenvalue weighted by Gasteiger charge is 2.38. The molecule has 0 radical (unpaired) electrons. The van der Waals surface area contributed by atoms with Gasteiger partial charge in [-0.1, -0.05) is 12.5 Å². The molecule has 1 aromatic rings. The Hall–Kier alpha value is -0.340. The first-order chi connectivity index (χ1) is 6.92. The quantitative estimate of drug-likeness (QED) is 0.803. The number of thiophene rings is 1. The molecule has 0 unspecified atom stereocenters. The van der Waals surface area contributed by atoms with Gasteiger partial charge in [0.15, 0.2) is 0 Å². The molecule has 2 saturated carbocycles. The summed E-state index contributed by atoms with van der Waals surface area (Å²) >= 11 is 1.86. The van der Waals surface area contributed by atoms with Gasteiger partial charge in [0.25, 0.3) is 0 Å². The molecule has 1 N–H and O–H groups in total. The molecule has 3 rings (SSSR count). The van der Waals surface area contributed by atoms with Crippen LogP contribution >= 0.6 is 11.3 Å². The molecule has 2 bridgehead atoms. The third kappa shape index (κ3) is 1.61. The molecule has 0 aliphatic heterocycles. The number of fused-ring (bicyclic) bond motifs is 2. The monoisotopic (exact) mass is 207 g/mol. The Morgan fingerprint density at radius 2 is 2.36 bits per heavy atom. The molecular formula is C12H17NS. The van der Waals surface area contributed by atoms with Crippen LogP contribution in [0.15, 0.2) is 17.5 Å². The van der Waals surface area contributed by atoms with Crippen LogP contribution in [0.2, 0.25) is 0 Å². The molecule has 2 aliphatic carbocycles. The maximum atomic E-state index is 3.73. The number of hydrogen-bond donors (Lipinski definition) is 1. The number of rotatable bonds is 3. The minimum Gasteiger partial charge on any atom is -0.309 e. The fraction of sp³-hybridized carbons (Fsp3) is 0.667. The Balaban J connectivity index is 1.54. The molecule has 3 atom stereocenters. The van der Waals surface area contributed by atoms with E-state index in [2.05, 4.69) is 22.8 Å². The van der Waals surface area contributed by atoms with Crippen molar-refractivity contribution in [2.24, 2.45) is 11.8 Å². The van der Waals surface area contributed by atoms with Crippen molar-refractivity contribution in [3.05, 3.63) is 22.4 Å². The van der Waals surface area contributed by atoms with E-state index in [4.69, 9.17) is 0 Å². The number of hydrogen-bond acceptors (Lipinski definition) is 2. The van der Waals surface area contributed by atoms with Crippen molar-refractivity contribution < 1.29 is 0 Å². The smallest absolute Gasteiger partial charge is 0.0302 e. The third-order valence-electron chi connectivity index (χ3n) is 3.86. The molecule has 76 valence electrons. The first-order valence-corrected chi connectivity index (χ1v) is 6.55. The maximum absolute atomic E-state index is 3.73. The molecule has 2 aliphatic rings. The van der Waals surface area contributed by atoms with Gasteiger partial charge < -0.3 is 5.32 Å². The summed E-state index contributed by atoms with van der Waals surface area (Å²) in [4.78, 5) is 1.48. The molecule has 0 amide bonds. The van der Waals surface area contributed by atoms with E-state index in [-0.39, 0.29) is 0 Å². The molecule has 2 heteroatoms. The summed E-state index contributed by atoms with van der Waals surface area (Å²) in [5, 5.41) is 5.89. The Morgan fingerprint density at radius 1 is 1.36 bits per heavy atom. The summed E-state index contributed by atoms with van der Waals surface area (Å²) in [5.41, 5.74) is 0. The fourth-order valence-corrected chi connectivity index (χ4v) is 3.80. The second-order valence-corrected chi connectivity index (χ2v) is 5.77. The highest BCUT2D eigenvalue weighted by Crippen LogP contribution is 2.44. The summed E-state index contributed by atoms with van der Waals surface area (Å²) < 4.78 is 0. The SMILES string of the molecule is c1csc(CN[C@@H]2C[C@@H]3CC[C@@H]2C3)c1. The van der Waals surface area contributed by atoms with Gasteiger partial charge in [-0.25, -0.2) is 0 Å². The molecule has 2 fully saturated rings. The van der Waals surface area contributed by atoms with Crippen LogP contribution in [0.25, 0.3) is 0 Å². The maximum Gasteiger partial charge on any atom is 0.0302 e. The summed E-state index contributed by atoms with van der Waals surface area (Å²) in [6.07, 6.45) is 5.92. The highest BCUT2D eigenvalue weighted by atomic mass is 32.1. The van der Waals surface area contributed by atoms with Crippen molar-refractivity contribution in [3.8, 4) is 0 Å². The summed E-state index contributed by atoms with van der Waals surface area (Å²) in [5.74, 6) is 2.06. The van der Waals surface area contributed by atoms with Gasteiger partial charge in [-0.3, -0.25) is 0 Å². The minimum atomic E-state index is 0.829. The van der Waals surface area contributed by atoms with Crippen LogP contribution in [0.3, 0.4) is 0 Å². The van der Waals surface area contributed by atoms with Crippen LogP contribution in [0.5, 0.6) is 0 Å². The lowest BCUT2D eigenvalue weighted by molar-refractivity contribution is 0.351. The lowest BCUT2D eigenvalue weighted by Crippen LogP contribution is -2.33. The van der Waals surface area contributed by atoms with Crippen LogP contribution in [-0.4, -0.2) is 6.04 Å². The average molecular weight is 207 g/mol. The van der Waals surface area contributed by atoms with Gasteiger partial charge in [-0.15, -0.1) is 11.3 Å². The lowest BCUT2D eigenvalue weighted by Gasteiger charge is -2.22. The third-order valence-corrected chi connectivity index (χ3v) is 4.73. The summed E-state index contributed by atoms with van der Waals surface area (Å²) in [7, 11) is 0. The summed E-state index contributed by atoms with van der Waals surface area (Å²) in [6.45, 7) is 1.09. The fourth-order valence-electron chi connectivity index (χ4n) is 3.14. The van der Waals surface area contributed by atoms with E-state index in [0.717, 1.165) is 24.4 Å². The largest absolute Gasteiger partial charge is 0.309 e. The Bertz CT molecular complexity index is 293. The first-order valence-electron chi connectivity index (χ1n) is 5.67. The zero-order valence-electron chi connectivity index (χ0n) is 8.41. The van der Waals surface area contributed by atoms with Crippen molar-refractivity contribution in [1.29, 1.82) is 0 Å². The predicted octanol–water partition coefficient (Wildman–Crippen LogP) is 3.03. The Labute approximate surface area is 89.5 Å². The van der Waals surface area contributed by atoms with E-state index in [1.165, 1.54) is 30.6 Å². The van der Waals surface area contributed by atoms with Crippen molar-refractivity contribution in [2.75, 3.05) is 0 Å². The van der Waals surface area contributed by atoms with Crippen LogP contribution in [0, 0.1) is 11.8 Å². The van der Waals surface area contributed by atoms with Crippen molar-refractivity contribution in [2.45, 2.75) is 38.3 Å².